The van der Waals surface area contributed by atoms with Crippen LogP contribution in [0.5, 0.6) is 0 Å². The van der Waals surface area contributed by atoms with Crippen molar-refractivity contribution in [2.24, 2.45) is 4.99 Å². The summed E-state index contributed by atoms with van der Waals surface area (Å²) in [5, 5.41) is 21.6. The quantitative estimate of drug-likeness (QED) is 0.160. The summed E-state index contributed by atoms with van der Waals surface area (Å²) in [6.45, 7) is 0. The van der Waals surface area contributed by atoms with E-state index < -0.39 is 22.0 Å². The minimum absolute atomic E-state index is 0.0680. The van der Waals surface area contributed by atoms with Gasteiger partial charge in [-0.15, -0.1) is 0 Å². The Morgan fingerprint density at radius 3 is 2.50 bits per heavy atom. The van der Waals surface area contributed by atoms with E-state index in [0.29, 0.717) is 5.69 Å². The fourth-order valence-electron chi connectivity index (χ4n) is 2.58. The van der Waals surface area contributed by atoms with Crippen molar-refractivity contribution in [3.05, 3.63) is 64.7 Å². The first-order chi connectivity index (χ1) is 13.5. The number of amidine groups is 1. The maximum absolute atomic E-state index is 12.7. The lowest BCUT2D eigenvalue weighted by Crippen LogP contribution is -2.32. The van der Waals surface area contributed by atoms with Crippen molar-refractivity contribution < 1.29 is 14.5 Å². The normalized spacial score (nSPS) is 16.8. The van der Waals surface area contributed by atoms with E-state index in [1.165, 1.54) is 24.3 Å². The SMILES string of the molecule is N#CNC(=Nc1ccccc1)S[C@@H]1CC(=O)N(c2ccc([N+](=O)[O-])cc2)C1=O. The summed E-state index contributed by atoms with van der Waals surface area (Å²) >= 11 is 0.986. The van der Waals surface area contributed by atoms with E-state index in [1.807, 2.05) is 6.07 Å². The van der Waals surface area contributed by atoms with Gasteiger partial charge in [0.15, 0.2) is 11.4 Å². The number of carbonyl (C=O) groups is 2. The molecule has 1 atom stereocenters. The van der Waals surface area contributed by atoms with Crippen LogP contribution in [-0.4, -0.2) is 27.2 Å². The summed E-state index contributed by atoms with van der Waals surface area (Å²) in [5.74, 6) is -0.892. The Hall–Kier alpha value is -3.71. The minimum atomic E-state index is -0.758. The maximum Gasteiger partial charge on any atom is 0.269 e. The first-order valence-electron chi connectivity index (χ1n) is 8.06. The van der Waals surface area contributed by atoms with Gasteiger partial charge in [-0.1, -0.05) is 30.0 Å². The molecule has 0 radical (unpaired) electrons. The molecule has 0 unspecified atom stereocenters. The van der Waals surface area contributed by atoms with Crippen LogP contribution in [0.15, 0.2) is 59.6 Å². The molecular weight excluding hydrogens is 382 g/mol. The van der Waals surface area contributed by atoms with Crippen molar-refractivity contribution in [2.75, 3.05) is 4.90 Å². The first-order valence-corrected chi connectivity index (χ1v) is 8.94. The second kappa shape index (κ2) is 8.32. The van der Waals surface area contributed by atoms with E-state index in [-0.39, 0.29) is 23.0 Å². The minimum Gasteiger partial charge on any atom is -0.274 e. The average Bonchev–Trinajstić information content (AvgIpc) is 2.96. The van der Waals surface area contributed by atoms with Crippen molar-refractivity contribution in [3.63, 3.8) is 0 Å². The second-order valence-electron chi connectivity index (χ2n) is 5.64. The van der Waals surface area contributed by atoms with Crippen LogP contribution < -0.4 is 10.2 Å². The largest absolute Gasteiger partial charge is 0.274 e. The van der Waals surface area contributed by atoms with Gasteiger partial charge in [0, 0.05) is 18.6 Å². The van der Waals surface area contributed by atoms with Crippen molar-refractivity contribution in [1.82, 2.24) is 5.32 Å². The summed E-state index contributed by atoms with van der Waals surface area (Å²) in [7, 11) is 0. The first kappa shape index (κ1) is 19.1. The number of non-ortho nitro benzene ring substituents is 1. The Labute approximate surface area is 163 Å². The molecule has 0 aliphatic carbocycles. The van der Waals surface area contributed by atoms with Gasteiger partial charge in [0.1, 0.15) is 5.25 Å². The van der Waals surface area contributed by atoms with Crippen LogP contribution >= 0.6 is 11.8 Å². The number of nitro benzene ring substituents is 1. The zero-order chi connectivity index (χ0) is 20.1. The van der Waals surface area contributed by atoms with Gasteiger partial charge in [-0.25, -0.2) is 9.89 Å². The topological polar surface area (TPSA) is 129 Å². The summed E-state index contributed by atoms with van der Waals surface area (Å²) in [6.07, 6.45) is 1.70. The van der Waals surface area contributed by atoms with Gasteiger partial charge in [-0.05, 0) is 24.3 Å². The molecule has 140 valence electrons. The number of benzene rings is 2. The molecule has 1 fully saturated rings. The molecule has 1 heterocycles. The zero-order valence-electron chi connectivity index (χ0n) is 14.3. The number of nitriles is 1. The average molecular weight is 395 g/mol. The number of anilines is 1. The summed E-state index contributed by atoms with van der Waals surface area (Å²) in [6, 6.07) is 14.1. The molecule has 0 saturated carbocycles. The third kappa shape index (κ3) is 4.16. The van der Waals surface area contributed by atoms with Crippen LogP contribution in [0.3, 0.4) is 0 Å². The molecule has 2 aromatic rings. The summed E-state index contributed by atoms with van der Waals surface area (Å²) < 4.78 is 0. The van der Waals surface area contributed by atoms with Gasteiger partial charge in [-0.2, -0.15) is 5.26 Å². The number of thioether (sulfide) groups is 1. The lowest BCUT2D eigenvalue weighted by molar-refractivity contribution is -0.384. The maximum atomic E-state index is 12.7. The van der Waals surface area contributed by atoms with Crippen LogP contribution in [0.1, 0.15) is 6.42 Å². The summed E-state index contributed by atoms with van der Waals surface area (Å²) in [4.78, 5) is 40.5. The molecule has 2 amide bonds. The third-order valence-electron chi connectivity index (χ3n) is 3.83. The molecule has 0 aromatic heterocycles. The Morgan fingerprint density at radius 1 is 1.21 bits per heavy atom. The van der Waals surface area contributed by atoms with Gasteiger partial charge in [-0.3, -0.25) is 25.0 Å². The molecule has 9 nitrogen and oxygen atoms in total. The number of carbonyl (C=O) groups excluding carboxylic acids is 2. The number of aliphatic imine (C=N–C) groups is 1. The van der Waals surface area contributed by atoms with Crippen molar-refractivity contribution in [3.8, 4) is 6.19 Å². The molecule has 0 spiro atoms. The van der Waals surface area contributed by atoms with Crippen molar-refractivity contribution >= 4 is 45.8 Å². The third-order valence-corrected chi connectivity index (χ3v) is 4.90. The highest BCUT2D eigenvalue weighted by molar-refractivity contribution is 8.15. The second-order valence-corrected chi connectivity index (χ2v) is 6.83. The number of nitro groups is 1. The number of imide groups is 1. The zero-order valence-corrected chi connectivity index (χ0v) is 15.1. The van der Waals surface area contributed by atoms with Crippen LogP contribution in [0.4, 0.5) is 17.1 Å². The summed E-state index contributed by atoms with van der Waals surface area (Å²) in [5.41, 5.74) is 0.722. The highest BCUT2D eigenvalue weighted by Crippen LogP contribution is 2.31. The molecule has 10 heteroatoms. The van der Waals surface area contributed by atoms with E-state index in [0.717, 1.165) is 16.7 Å². The van der Waals surface area contributed by atoms with E-state index in [1.54, 1.807) is 30.5 Å². The molecule has 3 rings (SSSR count). The highest BCUT2D eigenvalue weighted by Gasteiger charge is 2.41. The molecule has 0 bridgehead atoms. The number of rotatable bonds is 4. The Balaban J connectivity index is 1.79. The predicted molar refractivity (Wildman–Crippen MR) is 104 cm³/mol. The highest BCUT2D eigenvalue weighted by atomic mass is 32.2. The monoisotopic (exact) mass is 395 g/mol. The molecule has 1 N–H and O–H groups in total. The smallest absolute Gasteiger partial charge is 0.269 e. The van der Waals surface area contributed by atoms with Crippen LogP contribution in [0.25, 0.3) is 0 Å². The number of hydrogen-bond donors (Lipinski definition) is 1. The number of amides is 2. The van der Waals surface area contributed by atoms with Gasteiger partial charge >= 0.3 is 0 Å². The molecular formula is C18H13N5O4S. The van der Waals surface area contributed by atoms with Gasteiger partial charge < -0.3 is 0 Å². The van der Waals surface area contributed by atoms with E-state index in [4.69, 9.17) is 5.26 Å². The number of nitrogens with one attached hydrogen (secondary N) is 1. The number of hydrogen-bond acceptors (Lipinski definition) is 7. The Kier molecular flexibility index (Phi) is 5.67. The molecule has 1 aliphatic rings. The van der Waals surface area contributed by atoms with Crippen LogP contribution in [0.2, 0.25) is 0 Å². The van der Waals surface area contributed by atoms with E-state index >= 15 is 0 Å². The van der Waals surface area contributed by atoms with Crippen molar-refractivity contribution in [2.45, 2.75) is 11.7 Å². The van der Waals surface area contributed by atoms with E-state index in [9.17, 15) is 19.7 Å². The Morgan fingerprint density at radius 2 is 1.89 bits per heavy atom. The van der Waals surface area contributed by atoms with Crippen molar-refractivity contribution in [1.29, 1.82) is 5.26 Å². The lowest BCUT2D eigenvalue weighted by atomic mass is 10.2. The van der Waals surface area contributed by atoms with E-state index in [2.05, 4.69) is 10.3 Å². The van der Waals surface area contributed by atoms with Gasteiger partial charge in [0.05, 0.1) is 16.3 Å². The van der Waals surface area contributed by atoms with Gasteiger partial charge in [0.2, 0.25) is 11.8 Å². The molecule has 28 heavy (non-hydrogen) atoms. The number of nitrogens with zero attached hydrogens (tertiary/aromatic N) is 4. The fraction of sp³-hybridized carbons (Fsp3) is 0.111. The lowest BCUT2D eigenvalue weighted by Gasteiger charge is -2.14. The molecule has 1 saturated heterocycles. The Bertz CT molecular complexity index is 985. The molecule has 2 aromatic carbocycles. The predicted octanol–water partition coefficient (Wildman–Crippen LogP) is 2.72. The standard InChI is InChI=1S/C18H13N5O4S/c19-11-20-18(21-12-4-2-1-3-5-12)28-15-10-16(24)22(17(15)25)13-6-8-14(9-7-13)23(26)27/h1-9,15H,10H2,(H,20,21)/t15-/m1/s1. The number of para-hydroxylation sites is 1. The van der Waals surface area contributed by atoms with Crippen LogP contribution in [0, 0.1) is 21.6 Å². The van der Waals surface area contributed by atoms with Crippen LogP contribution in [-0.2, 0) is 9.59 Å². The fourth-order valence-corrected chi connectivity index (χ4v) is 3.54. The van der Waals surface area contributed by atoms with Gasteiger partial charge in [0.25, 0.3) is 5.69 Å². The molecule has 1 aliphatic heterocycles.